The Morgan fingerprint density at radius 1 is 0.871 bits per heavy atom. The van der Waals surface area contributed by atoms with Crippen molar-refractivity contribution in [3.63, 3.8) is 0 Å². The van der Waals surface area contributed by atoms with Crippen LogP contribution in [0.15, 0.2) is 65.6 Å². The van der Waals surface area contributed by atoms with Gasteiger partial charge in [-0.05, 0) is 54.6 Å². The molecule has 0 unspecified atom stereocenters. The summed E-state index contributed by atoms with van der Waals surface area (Å²) in [7, 11) is -3.74. The predicted molar refractivity (Wildman–Crippen MR) is 124 cm³/mol. The van der Waals surface area contributed by atoms with Gasteiger partial charge in [0, 0.05) is 29.9 Å². The Morgan fingerprint density at radius 3 is 2.26 bits per heavy atom. The molecule has 3 aromatic carbocycles. The van der Waals surface area contributed by atoms with Crippen LogP contribution < -0.4 is 14.5 Å². The molecule has 1 amide bonds. The fourth-order valence-corrected chi connectivity index (χ4v) is 6.21. The number of hydrogen-bond acceptors (Lipinski definition) is 4. The quantitative estimate of drug-likeness (QED) is 0.661. The Balaban J connectivity index is 1.32. The summed E-state index contributed by atoms with van der Waals surface area (Å²) in [4.78, 5) is 15.4. The van der Waals surface area contributed by atoms with Gasteiger partial charge in [0.25, 0.3) is 10.0 Å². The second kappa shape index (κ2) is 7.89. The lowest BCUT2D eigenvalue weighted by molar-refractivity contribution is -0.114. The van der Waals surface area contributed by atoms with Crippen LogP contribution in [0.25, 0.3) is 10.8 Å². The lowest BCUT2D eigenvalue weighted by atomic mass is 10.1. The number of carbonyl (C=O) groups excluding carboxylic acids is 1. The van der Waals surface area contributed by atoms with Gasteiger partial charge in [0.2, 0.25) is 5.91 Å². The first-order valence-electron chi connectivity index (χ1n) is 10.7. The van der Waals surface area contributed by atoms with Crippen LogP contribution in [0.5, 0.6) is 0 Å². The molecule has 1 N–H and O–H groups in total. The summed E-state index contributed by atoms with van der Waals surface area (Å²) in [6.07, 6.45) is 4.97. The van der Waals surface area contributed by atoms with Gasteiger partial charge >= 0.3 is 0 Å². The number of nitrogens with zero attached hydrogens (tertiary/aromatic N) is 2. The molecule has 0 aromatic heterocycles. The molecule has 5 rings (SSSR count). The number of nitrogens with one attached hydrogen (secondary N) is 1. The zero-order chi connectivity index (χ0) is 21.4. The molecule has 1 fully saturated rings. The van der Waals surface area contributed by atoms with E-state index < -0.39 is 10.0 Å². The van der Waals surface area contributed by atoms with Crippen molar-refractivity contribution in [1.29, 1.82) is 0 Å². The number of sulfonamides is 1. The molecule has 3 aromatic rings. The minimum absolute atomic E-state index is 0.259. The van der Waals surface area contributed by atoms with Crippen molar-refractivity contribution >= 4 is 43.8 Å². The summed E-state index contributed by atoms with van der Waals surface area (Å²) < 4.78 is 27.3. The fraction of sp³-hybridized carbons (Fsp3) is 0.292. The van der Waals surface area contributed by atoms with E-state index in [0.29, 0.717) is 16.8 Å². The van der Waals surface area contributed by atoms with Gasteiger partial charge in [-0.15, -0.1) is 0 Å². The molecule has 160 valence electrons. The van der Waals surface area contributed by atoms with Crippen LogP contribution in [0.2, 0.25) is 0 Å². The molecule has 0 aliphatic carbocycles. The summed E-state index contributed by atoms with van der Waals surface area (Å²) in [6, 6.07) is 18.5. The molecular weight excluding hydrogens is 410 g/mol. The predicted octanol–water partition coefficient (Wildman–Crippen LogP) is 4.37. The van der Waals surface area contributed by atoms with Crippen molar-refractivity contribution in [3.05, 3.63) is 60.7 Å². The summed E-state index contributed by atoms with van der Waals surface area (Å²) in [6.45, 7) is 1.86. The standard InChI is InChI=1S/C24H25N3O3S/c28-23(25-19-11-13-20(14-12-19)26-15-3-1-2-4-16-26)17-27-21-9-5-7-18-8-6-10-22(24(18)21)31(27,29)30/h5-14H,1-4,15-17H2,(H,25,28). The van der Waals surface area contributed by atoms with Crippen molar-refractivity contribution < 1.29 is 13.2 Å². The van der Waals surface area contributed by atoms with Gasteiger partial charge in [-0.25, -0.2) is 8.42 Å². The zero-order valence-electron chi connectivity index (χ0n) is 17.3. The molecule has 1 saturated heterocycles. The fourth-order valence-electron chi connectivity index (χ4n) is 4.54. The molecule has 0 atom stereocenters. The molecule has 6 nitrogen and oxygen atoms in total. The van der Waals surface area contributed by atoms with Gasteiger partial charge in [-0.1, -0.05) is 37.1 Å². The van der Waals surface area contributed by atoms with Crippen LogP contribution in [0.3, 0.4) is 0 Å². The molecule has 2 aliphatic rings. The third-order valence-electron chi connectivity index (χ3n) is 6.09. The highest BCUT2D eigenvalue weighted by molar-refractivity contribution is 7.93. The van der Waals surface area contributed by atoms with E-state index in [2.05, 4.69) is 10.2 Å². The lowest BCUT2D eigenvalue weighted by Gasteiger charge is -2.23. The normalized spacial score (nSPS) is 17.5. The molecule has 0 radical (unpaired) electrons. The second-order valence-corrected chi connectivity index (χ2v) is 9.97. The smallest absolute Gasteiger partial charge is 0.265 e. The maximum atomic E-state index is 13.0. The number of hydrogen-bond donors (Lipinski definition) is 1. The first-order valence-corrected chi connectivity index (χ1v) is 12.2. The monoisotopic (exact) mass is 435 g/mol. The number of benzene rings is 3. The number of anilines is 3. The molecule has 0 bridgehead atoms. The van der Waals surface area contributed by atoms with E-state index >= 15 is 0 Å². The van der Waals surface area contributed by atoms with Gasteiger partial charge in [0.1, 0.15) is 6.54 Å². The zero-order valence-corrected chi connectivity index (χ0v) is 18.1. The van der Waals surface area contributed by atoms with Crippen LogP contribution in [0, 0.1) is 0 Å². The van der Waals surface area contributed by atoms with Gasteiger partial charge in [-0.2, -0.15) is 0 Å². The molecule has 7 heteroatoms. The van der Waals surface area contributed by atoms with E-state index in [0.717, 1.165) is 24.2 Å². The molecule has 0 spiro atoms. The lowest BCUT2D eigenvalue weighted by Crippen LogP contribution is -2.35. The van der Waals surface area contributed by atoms with Crippen LogP contribution in [0.1, 0.15) is 25.7 Å². The largest absolute Gasteiger partial charge is 0.372 e. The SMILES string of the molecule is O=C(CN1c2cccc3cccc(c23)S1(=O)=O)Nc1ccc(N2CCCCCC2)cc1. The Morgan fingerprint density at radius 2 is 1.55 bits per heavy atom. The first kappa shape index (κ1) is 19.9. The minimum Gasteiger partial charge on any atom is -0.372 e. The Hall–Kier alpha value is -3.06. The van der Waals surface area contributed by atoms with E-state index in [1.165, 1.54) is 30.0 Å². The molecule has 2 heterocycles. The minimum atomic E-state index is -3.74. The van der Waals surface area contributed by atoms with Crippen LogP contribution in [-0.2, 0) is 14.8 Å². The summed E-state index contributed by atoms with van der Waals surface area (Å²) in [5.41, 5.74) is 2.37. The van der Waals surface area contributed by atoms with Crippen LogP contribution in [-0.4, -0.2) is 34.0 Å². The Kier molecular flexibility index (Phi) is 5.06. The van der Waals surface area contributed by atoms with E-state index in [1.807, 2.05) is 42.5 Å². The molecule has 0 saturated carbocycles. The van der Waals surface area contributed by atoms with E-state index in [9.17, 15) is 13.2 Å². The van der Waals surface area contributed by atoms with Gasteiger partial charge in [0.05, 0.1) is 10.6 Å². The van der Waals surface area contributed by atoms with E-state index in [-0.39, 0.29) is 17.3 Å². The summed E-state index contributed by atoms with van der Waals surface area (Å²) in [5.74, 6) is -0.365. The van der Waals surface area contributed by atoms with E-state index in [1.54, 1.807) is 18.2 Å². The Labute approximate surface area is 182 Å². The highest BCUT2D eigenvalue weighted by atomic mass is 32.2. The highest BCUT2D eigenvalue weighted by Gasteiger charge is 2.36. The van der Waals surface area contributed by atoms with Crippen molar-refractivity contribution in [3.8, 4) is 0 Å². The van der Waals surface area contributed by atoms with Gasteiger partial charge in [-0.3, -0.25) is 9.10 Å². The Bertz CT molecular complexity index is 1230. The summed E-state index contributed by atoms with van der Waals surface area (Å²) in [5, 5.41) is 4.38. The highest BCUT2D eigenvalue weighted by Crippen LogP contribution is 2.41. The average molecular weight is 436 g/mol. The number of amides is 1. The maximum absolute atomic E-state index is 13.0. The number of carbonyl (C=O) groups is 1. The van der Waals surface area contributed by atoms with Crippen molar-refractivity contribution in [2.75, 3.05) is 34.2 Å². The van der Waals surface area contributed by atoms with E-state index in [4.69, 9.17) is 0 Å². The average Bonchev–Trinajstić information content (AvgIpc) is 2.96. The third kappa shape index (κ3) is 3.63. The van der Waals surface area contributed by atoms with Crippen LogP contribution in [0.4, 0.5) is 17.1 Å². The van der Waals surface area contributed by atoms with Crippen molar-refractivity contribution in [2.24, 2.45) is 0 Å². The summed E-state index contributed by atoms with van der Waals surface area (Å²) >= 11 is 0. The topological polar surface area (TPSA) is 69.7 Å². The molecule has 31 heavy (non-hydrogen) atoms. The first-order chi connectivity index (χ1) is 15.0. The van der Waals surface area contributed by atoms with Gasteiger partial charge in [0.15, 0.2) is 0 Å². The second-order valence-electron chi connectivity index (χ2n) is 8.14. The van der Waals surface area contributed by atoms with Gasteiger partial charge < -0.3 is 10.2 Å². The van der Waals surface area contributed by atoms with Crippen molar-refractivity contribution in [1.82, 2.24) is 0 Å². The third-order valence-corrected chi connectivity index (χ3v) is 7.89. The maximum Gasteiger partial charge on any atom is 0.265 e. The van der Waals surface area contributed by atoms with Crippen molar-refractivity contribution in [2.45, 2.75) is 30.6 Å². The molecular formula is C24H25N3O3S. The van der Waals surface area contributed by atoms with Crippen LogP contribution >= 0.6 is 0 Å². The number of rotatable bonds is 4. The molecule has 2 aliphatic heterocycles.